The van der Waals surface area contributed by atoms with Crippen LogP contribution in [0, 0.1) is 11.8 Å². The first-order valence-electron chi connectivity index (χ1n) is 13.4. The molecule has 4 atom stereocenters. The zero-order valence-corrected chi connectivity index (χ0v) is 24.2. The summed E-state index contributed by atoms with van der Waals surface area (Å²) >= 11 is 0. The quantitative estimate of drug-likeness (QED) is 0.377. The van der Waals surface area contributed by atoms with Gasteiger partial charge in [0.1, 0.15) is 0 Å². The van der Waals surface area contributed by atoms with Crippen molar-refractivity contribution in [2.24, 2.45) is 11.8 Å². The van der Waals surface area contributed by atoms with Crippen LogP contribution in [0.15, 0.2) is 0 Å². The second kappa shape index (κ2) is 11.9. The van der Waals surface area contributed by atoms with Crippen molar-refractivity contribution in [2.75, 3.05) is 26.2 Å². The van der Waals surface area contributed by atoms with E-state index in [1.807, 2.05) is 0 Å². The van der Waals surface area contributed by atoms with E-state index >= 15 is 0 Å². The molecule has 0 amide bonds. The number of aliphatic hydroxyl groups excluding tert-OH is 1. The summed E-state index contributed by atoms with van der Waals surface area (Å²) in [6.07, 6.45) is 9.02. The molecule has 2 fully saturated rings. The van der Waals surface area contributed by atoms with Gasteiger partial charge in [0.15, 0.2) is 19.7 Å². The number of aliphatic hydroxyl groups is 1. The van der Waals surface area contributed by atoms with Gasteiger partial charge in [0, 0.05) is 19.7 Å². The van der Waals surface area contributed by atoms with E-state index in [0.717, 1.165) is 83.8 Å². The van der Waals surface area contributed by atoms with Gasteiger partial charge in [-0.25, -0.2) is 16.8 Å². The van der Waals surface area contributed by atoms with E-state index in [1.54, 1.807) is 41.5 Å². The Morgan fingerprint density at radius 1 is 0.676 bits per heavy atom. The normalized spacial score (nSPS) is 27.1. The summed E-state index contributed by atoms with van der Waals surface area (Å²) < 4.78 is 51.7. The third-order valence-corrected chi connectivity index (χ3v) is 14.3. The largest absolute Gasteiger partial charge is 0.396 e. The first kappa shape index (κ1) is 30.0. The highest BCUT2D eigenvalue weighted by atomic mass is 32.2. The Kier molecular flexibility index (Phi) is 10.5. The van der Waals surface area contributed by atoms with Gasteiger partial charge < -0.3 is 10.0 Å². The van der Waals surface area contributed by atoms with Gasteiger partial charge in [0.2, 0.25) is 0 Å². The SMILES string of the molecule is CC(C)(C)S(=O)(=O)C1CCC[C@@H]1CN(CCCCCCO)C[C@@H]1CCCC1S(=O)(=O)C(C)(C)C. The molecule has 0 heterocycles. The second-order valence-electron chi connectivity index (χ2n) is 12.7. The number of hydrogen-bond acceptors (Lipinski definition) is 6. The minimum absolute atomic E-state index is 0.112. The van der Waals surface area contributed by atoms with Gasteiger partial charge in [0.25, 0.3) is 0 Å². The third-order valence-electron chi connectivity index (χ3n) is 8.05. The molecule has 0 aliphatic heterocycles. The van der Waals surface area contributed by atoms with Gasteiger partial charge >= 0.3 is 0 Å². The van der Waals surface area contributed by atoms with Gasteiger partial charge in [0.05, 0.1) is 20.0 Å². The van der Waals surface area contributed by atoms with Crippen LogP contribution in [0.5, 0.6) is 0 Å². The number of unbranched alkanes of at least 4 members (excludes halogenated alkanes) is 3. The smallest absolute Gasteiger partial charge is 0.158 e. The van der Waals surface area contributed by atoms with Gasteiger partial charge in [-0.2, -0.15) is 0 Å². The average molecular weight is 522 g/mol. The maximum absolute atomic E-state index is 13.3. The fourth-order valence-electron chi connectivity index (χ4n) is 5.87. The predicted molar refractivity (Wildman–Crippen MR) is 142 cm³/mol. The van der Waals surface area contributed by atoms with Crippen molar-refractivity contribution in [2.45, 2.75) is 126 Å². The van der Waals surface area contributed by atoms with Crippen LogP contribution >= 0.6 is 0 Å². The lowest BCUT2D eigenvalue weighted by molar-refractivity contribution is 0.195. The van der Waals surface area contributed by atoms with Gasteiger partial charge in [-0.3, -0.25) is 0 Å². The molecule has 34 heavy (non-hydrogen) atoms. The van der Waals surface area contributed by atoms with E-state index in [1.165, 1.54) is 0 Å². The zero-order chi connectivity index (χ0) is 25.8. The summed E-state index contributed by atoms with van der Waals surface area (Å²) in [6.45, 7) is 13.4. The van der Waals surface area contributed by atoms with E-state index in [-0.39, 0.29) is 28.9 Å². The molecule has 2 aliphatic carbocycles. The third kappa shape index (κ3) is 7.19. The molecular formula is C26H51NO5S2. The number of rotatable bonds is 12. The predicted octanol–water partition coefficient (Wildman–Crippen LogP) is 4.61. The summed E-state index contributed by atoms with van der Waals surface area (Å²) in [5.41, 5.74) is 0. The summed E-state index contributed by atoms with van der Waals surface area (Å²) in [4.78, 5) is 2.39. The van der Waals surface area contributed by atoms with Crippen molar-refractivity contribution in [3.63, 3.8) is 0 Å². The molecule has 2 unspecified atom stereocenters. The molecule has 0 saturated heterocycles. The van der Waals surface area contributed by atoms with E-state index in [0.29, 0.717) is 0 Å². The first-order chi connectivity index (χ1) is 15.6. The molecule has 6 nitrogen and oxygen atoms in total. The van der Waals surface area contributed by atoms with E-state index in [9.17, 15) is 16.8 Å². The molecule has 0 bridgehead atoms. The molecule has 0 radical (unpaired) electrons. The topological polar surface area (TPSA) is 91.8 Å². The molecule has 2 saturated carbocycles. The van der Waals surface area contributed by atoms with Crippen LogP contribution < -0.4 is 0 Å². The number of hydrogen-bond donors (Lipinski definition) is 1. The Morgan fingerprint density at radius 2 is 1.09 bits per heavy atom. The molecule has 8 heteroatoms. The van der Waals surface area contributed by atoms with Crippen LogP contribution in [-0.2, 0) is 19.7 Å². The molecule has 0 aromatic heterocycles. The minimum Gasteiger partial charge on any atom is -0.396 e. The zero-order valence-electron chi connectivity index (χ0n) is 22.6. The van der Waals surface area contributed by atoms with Crippen molar-refractivity contribution in [3.8, 4) is 0 Å². The van der Waals surface area contributed by atoms with Gasteiger partial charge in [-0.05, 0) is 98.4 Å². The second-order valence-corrected chi connectivity index (χ2v) is 18.5. The Labute approximate surface area is 210 Å². The summed E-state index contributed by atoms with van der Waals surface area (Å²) in [7, 11) is -6.47. The van der Waals surface area contributed by atoms with Gasteiger partial charge in [-0.15, -0.1) is 0 Å². The lowest BCUT2D eigenvalue weighted by Gasteiger charge is -2.35. The Bertz CT molecular complexity index is 775. The van der Waals surface area contributed by atoms with E-state index in [2.05, 4.69) is 4.90 Å². The van der Waals surface area contributed by atoms with Crippen LogP contribution in [0.25, 0.3) is 0 Å². The summed E-state index contributed by atoms with van der Waals surface area (Å²) in [6, 6.07) is 0. The molecule has 2 rings (SSSR count). The van der Waals surface area contributed by atoms with E-state index < -0.39 is 29.2 Å². The van der Waals surface area contributed by atoms with Crippen molar-refractivity contribution in [3.05, 3.63) is 0 Å². The van der Waals surface area contributed by atoms with Gasteiger partial charge in [-0.1, -0.05) is 25.7 Å². The Hall–Kier alpha value is -0.180. The maximum atomic E-state index is 13.3. The van der Waals surface area contributed by atoms with Crippen LogP contribution in [0.4, 0.5) is 0 Å². The number of sulfone groups is 2. The highest BCUT2D eigenvalue weighted by Crippen LogP contribution is 2.39. The number of nitrogens with zero attached hydrogens (tertiary/aromatic N) is 1. The molecule has 0 aromatic rings. The van der Waals surface area contributed by atoms with Crippen LogP contribution in [0.1, 0.15) is 106 Å². The molecule has 2 aliphatic rings. The van der Waals surface area contributed by atoms with Crippen molar-refractivity contribution >= 4 is 19.7 Å². The fraction of sp³-hybridized carbons (Fsp3) is 1.00. The molecule has 1 N–H and O–H groups in total. The van der Waals surface area contributed by atoms with Crippen molar-refractivity contribution in [1.29, 1.82) is 0 Å². The minimum atomic E-state index is -3.23. The summed E-state index contributed by atoms with van der Waals surface area (Å²) in [5.74, 6) is 0.224. The fourth-order valence-corrected chi connectivity index (χ4v) is 10.1. The lowest BCUT2D eigenvalue weighted by Crippen LogP contribution is -2.46. The Balaban J connectivity index is 2.18. The van der Waals surface area contributed by atoms with E-state index in [4.69, 9.17) is 5.11 Å². The first-order valence-corrected chi connectivity index (χ1v) is 16.5. The Morgan fingerprint density at radius 3 is 1.47 bits per heavy atom. The maximum Gasteiger partial charge on any atom is 0.158 e. The summed E-state index contributed by atoms with van der Waals surface area (Å²) in [5, 5.41) is 8.46. The van der Waals surface area contributed by atoms with Crippen LogP contribution in [0.3, 0.4) is 0 Å². The molecule has 202 valence electrons. The standard InChI is InChI=1S/C26H51NO5S2/c1-25(2,3)33(29,30)23-15-11-13-21(23)19-27(17-9-7-8-10-18-28)20-22-14-12-16-24(22)34(31,32)26(4,5)6/h21-24,28H,7-20H2,1-6H3/t21-,22+,23?,24?. The molecular weight excluding hydrogens is 470 g/mol. The highest BCUT2D eigenvalue weighted by molar-refractivity contribution is 7.93. The molecule has 0 spiro atoms. The van der Waals surface area contributed by atoms with Crippen molar-refractivity contribution < 1.29 is 21.9 Å². The van der Waals surface area contributed by atoms with Crippen LogP contribution in [0.2, 0.25) is 0 Å². The lowest BCUT2D eigenvalue weighted by atomic mass is 10.0. The highest BCUT2D eigenvalue weighted by Gasteiger charge is 2.46. The monoisotopic (exact) mass is 521 g/mol. The average Bonchev–Trinajstić information content (AvgIpc) is 3.36. The van der Waals surface area contributed by atoms with Crippen LogP contribution in [-0.4, -0.2) is 73.1 Å². The molecule has 0 aromatic carbocycles. The van der Waals surface area contributed by atoms with Crippen molar-refractivity contribution in [1.82, 2.24) is 4.90 Å².